The molecule has 1 N–H and O–H groups in total. The number of rotatable bonds is 3. The summed E-state index contributed by atoms with van der Waals surface area (Å²) in [4.78, 5) is 15.5. The van der Waals surface area contributed by atoms with Crippen LogP contribution in [0.2, 0.25) is 0 Å². The van der Waals surface area contributed by atoms with Gasteiger partial charge in [-0.05, 0) is 19.1 Å². The van der Waals surface area contributed by atoms with Crippen molar-refractivity contribution in [3.8, 4) is 11.4 Å². The Bertz CT molecular complexity index is 921. The van der Waals surface area contributed by atoms with Crippen LogP contribution in [-0.4, -0.2) is 20.6 Å². The van der Waals surface area contributed by atoms with Crippen molar-refractivity contribution in [3.05, 3.63) is 53.8 Å². The monoisotopic (exact) mass is 320 g/mol. The predicted octanol–water partition coefficient (Wildman–Crippen LogP) is 3.77. The zero-order chi connectivity index (χ0) is 16.7. The molecule has 118 valence electrons. The molecular formula is C16H11F3N2O2. The summed E-state index contributed by atoms with van der Waals surface area (Å²) < 4.78 is 41.7. The molecular weight excluding hydrogens is 309 g/mol. The van der Waals surface area contributed by atoms with Crippen molar-refractivity contribution >= 4 is 17.0 Å². The maximum atomic E-state index is 13.5. The summed E-state index contributed by atoms with van der Waals surface area (Å²) in [7, 11) is 0. The van der Waals surface area contributed by atoms with Gasteiger partial charge in [0.15, 0.2) is 11.6 Å². The minimum Gasteiger partial charge on any atom is -0.480 e. The number of carbonyl (C=O) groups is 1. The molecule has 0 aliphatic carbocycles. The maximum absolute atomic E-state index is 13.5. The van der Waals surface area contributed by atoms with Crippen LogP contribution < -0.4 is 0 Å². The number of nitrogens with zero attached hydrogens (tertiary/aromatic N) is 2. The summed E-state index contributed by atoms with van der Waals surface area (Å²) in [5, 5.41) is 9.27. The van der Waals surface area contributed by atoms with Crippen molar-refractivity contribution in [1.82, 2.24) is 9.55 Å². The second-order valence-electron chi connectivity index (χ2n) is 5.09. The molecule has 0 radical (unpaired) electrons. The van der Waals surface area contributed by atoms with Crippen LogP contribution in [0.3, 0.4) is 0 Å². The van der Waals surface area contributed by atoms with Gasteiger partial charge >= 0.3 is 5.97 Å². The Kier molecular flexibility index (Phi) is 3.55. The maximum Gasteiger partial charge on any atom is 0.326 e. The SMILES string of the molecule is CC(C(=O)O)n1c(-c2cccc(F)c2)nc2cc(F)c(F)cc21. The molecule has 0 aliphatic heterocycles. The second-order valence-corrected chi connectivity index (χ2v) is 5.09. The van der Waals surface area contributed by atoms with E-state index >= 15 is 0 Å². The lowest BCUT2D eigenvalue weighted by molar-refractivity contribution is -0.140. The van der Waals surface area contributed by atoms with E-state index in [0.717, 1.165) is 12.1 Å². The van der Waals surface area contributed by atoms with Crippen molar-refractivity contribution in [1.29, 1.82) is 0 Å². The second kappa shape index (κ2) is 5.42. The number of aromatic nitrogens is 2. The Balaban J connectivity index is 2.36. The van der Waals surface area contributed by atoms with E-state index in [0.29, 0.717) is 5.56 Å². The molecule has 3 rings (SSSR count). The summed E-state index contributed by atoms with van der Waals surface area (Å²) in [6.07, 6.45) is 0. The van der Waals surface area contributed by atoms with Crippen LogP contribution in [0.4, 0.5) is 13.2 Å². The largest absolute Gasteiger partial charge is 0.480 e. The number of imidazole rings is 1. The highest BCUT2D eigenvalue weighted by Gasteiger charge is 2.23. The highest BCUT2D eigenvalue weighted by molar-refractivity contribution is 5.84. The van der Waals surface area contributed by atoms with Gasteiger partial charge in [0.25, 0.3) is 0 Å². The van der Waals surface area contributed by atoms with E-state index in [1.807, 2.05) is 0 Å². The van der Waals surface area contributed by atoms with Crippen LogP contribution in [-0.2, 0) is 4.79 Å². The average Bonchev–Trinajstić information content (AvgIpc) is 2.85. The van der Waals surface area contributed by atoms with Gasteiger partial charge in [-0.1, -0.05) is 12.1 Å². The molecule has 2 aromatic carbocycles. The van der Waals surface area contributed by atoms with Crippen LogP contribution in [0.25, 0.3) is 22.4 Å². The van der Waals surface area contributed by atoms with E-state index in [2.05, 4.69) is 4.98 Å². The molecule has 0 saturated carbocycles. The molecule has 23 heavy (non-hydrogen) atoms. The van der Waals surface area contributed by atoms with Crippen LogP contribution in [0.15, 0.2) is 36.4 Å². The van der Waals surface area contributed by atoms with Crippen LogP contribution in [0.1, 0.15) is 13.0 Å². The molecule has 0 amide bonds. The molecule has 1 heterocycles. The first kappa shape index (κ1) is 15.1. The topological polar surface area (TPSA) is 55.1 Å². The van der Waals surface area contributed by atoms with E-state index in [9.17, 15) is 23.1 Å². The Morgan fingerprint density at radius 2 is 1.87 bits per heavy atom. The lowest BCUT2D eigenvalue weighted by atomic mass is 10.2. The summed E-state index contributed by atoms with van der Waals surface area (Å²) in [5.74, 6) is -3.77. The smallest absolute Gasteiger partial charge is 0.326 e. The highest BCUT2D eigenvalue weighted by atomic mass is 19.2. The Morgan fingerprint density at radius 1 is 1.17 bits per heavy atom. The lowest BCUT2D eigenvalue weighted by Crippen LogP contribution is -2.16. The number of benzene rings is 2. The summed E-state index contributed by atoms with van der Waals surface area (Å²) >= 11 is 0. The first-order chi connectivity index (χ1) is 10.9. The molecule has 0 saturated heterocycles. The molecule has 0 bridgehead atoms. The number of halogens is 3. The third kappa shape index (κ3) is 2.54. The van der Waals surface area contributed by atoms with Gasteiger partial charge in [0.05, 0.1) is 11.0 Å². The lowest BCUT2D eigenvalue weighted by Gasteiger charge is -2.13. The van der Waals surface area contributed by atoms with Gasteiger partial charge in [0, 0.05) is 17.7 Å². The van der Waals surface area contributed by atoms with Crippen molar-refractivity contribution < 1.29 is 23.1 Å². The van der Waals surface area contributed by atoms with Crippen LogP contribution in [0, 0.1) is 17.5 Å². The number of aliphatic carboxylic acids is 1. The molecule has 7 heteroatoms. The van der Waals surface area contributed by atoms with Crippen molar-refractivity contribution in [3.63, 3.8) is 0 Å². The first-order valence-electron chi connectivity index (χ1n) is 6.74. The summed E-state index contributed by atoms with van der Waals surface area (Å²) in [6.45, 7) is 1.38. The van der Waals surface area contributed by atoms with Crippen LogP contribution >= 0.6 is 0 Å². The van der Waals surface area contributed by atoms with Gasteiger partial charge in [-0.25, -0.2) is 22.9 Å². The summed E-state index contributed by atoms with van der Waals surface area (Å²) in [6, 6.07) is 6.08. The normalized spacial score (nSPS) is 12.5. The van der Waals surface area contributed by atoms with E-state index < -0.39 is 29.5 Å². The zero-order valence-electron chi connectivity index (χ0n) is 11.9. The Labute approximate surface area is 128 Å². The predicted molar refractivity (Wildman–Crippen MR) is 77.4 cm³/mol. The van der Waals surface area contributed by atoms with Crippen LogP contribution in [0.5, 0.6) is 0 Å². The molecule has 0 aliphatic rings. The average molecular weight is 320 g/mol. The number of hydrogen-bond acceptors (Lipinski definition) is 2. The molecule has 0 fully saturated rings. The van der Waals surface area contributed by atoms with Gasteiger partial charge in [-0.3, -0.25) is 0 Å². The first-order valence-corrected chi connectivity index (χ1v) is 6.74. The molecule has 4 nitrogen and oxygen atoms in total. The van der Waals surface area contributed by atoms with Gasteiger partial charge < -0.3 is 9.67 Å². The zero-order valence-corrected chi connectivity index (χ0v) is 11.9. The van der Waals surface area contributed by atoms with Crippen molar-refractivity contribution in [2.45, 2.75) is 13.0 Å². The Morgan fingerprint density at radius 3 is 2.52 bits per heavy atom. The van der Waals surface area contributed by atoms with Crippen molar-refractivity contribution in [2.75, 3.05) is 0 Å². The van der Waals surface area contributed by atoms with E-state index in [-0.39, 0.29) is 16.9 Å². The molecule has 1 atom stereocenters. The standard InChI is InChI=1S/C16H11F3N2O2/c1-8(16(22)23)21-14-7-12(19)11(18)6-13(14)20-15(21)9-3-2-4-10(17)5-9/h2-8H,1H3,(H,22,23). The fraction of sp³-hybridized carbons (Fsp3) is 0.125. The quantitative estimate of drug-likeness (QED) is 0.799. The van der Waals surface area contributed by atoms with E-state index in [1.54, 1.807) is 6.07 Å². The molecule has 1 aromatic heterocycles. The minimum absolute atomic E-state index is 0.0938. The minimum atomic E-state index is -1.17. The Hall–Kier alpha value is -2.83. The number of carboxylic acids is 1. The molecule has 1 unspecified atom stereocenters. The molecule has 0 spiro atoms. The fourth-order valence-electron chi connectivity index (χ4n) is 2.42. The number of hydrogen-bond donors (Lipinski definition) is 1. The number of fused-ring (bicyclic) bond motifs is 1. The van der Waals surface area contributed by atoms with E-state index in [1.165, 1.54) is 29.7 Å². The van der Waals surface area contributed by atoms with Gasteiger partial charge in [0.1, 0.15) is 17.7 Å². The van der Waals surface area contributed by atoms with Gasteiger partial charge in [-0.15, -0.1) is 0 Å². The summed E-state index contributed by atoms with van der Waals surface area (Å²) in [5.41, 5.74) is 0.532. The van der Waals surface area contributed by atoms with Crippen molar-refractivity contribution in [2.24, 2.45) is 0 Å². The number of carboxylic acid groups (broad SMARTS) is 1. The van der Waals surface area contributed by atoms with E-state index in [4.69, 9.17) is 0 Å². The van der Waals surface area contributed by atoms with Gasteiger partial charge in [-0.2, -0.15) is 0 Å². The fourth-order valence-corrected chi connectivity index (χ4v) is 2.42. The third-order valence-electron chi connectivity index (χ3n) is 3.56. The highest BCUT2D eigenvalue weighted by Crippen LogP contribution is 2.30. The molecule has 3 aromatic rings. The third-order valence-corrected chi connectivity index (χ3v) is 3.56. The van der Waals surface area contributed by atoms with Gasteiger partial charge in [0.2, 0.25) is 0 Å².